The van der Waals surface area contributed by atoms with E-state index >= 15 is 0 Å². The third-order valence-corrected chi connectivity index (χ3v) is 5.93. The third kappa shape index (κ3) is 3.92. The molecule has 0 radical (unpaired) electrons. The number of esters is 1. The summed E-state index contributed by atoms with van der Waals surface area (Å²) in [5, 5.41) is 13.6. The predicted octanol–water partition coefficient (Wildman–Crippen LogP) is 4.33. The summed E-state index contributed by atoms with van der Waals surface area (Å²) in [6.45, 7) is 8.13. The fraction of sp³-hybridized carbons (Fsp3) is 0.455. The van der Waals surface area contributed by atoms with Gasteiger partial charge in [-0.15, -0.1) is 0 Å². The molecule has 29 heavy (non-hydrogen) atoms. The first-order valence-electron chi connectivity index (χ1n) is 9.57. The van der Waals surface area contributed by atoms with Crippen LogP contribution in [-0.2, 0) is 14.3 Å². The normalized spacial score (nSPS) is 20.9. The molecule has 1 aromatic carbocycles. The van der Waals surface area contributed by atoms with E-state index in [2.05, 4.69) is 35.1 Å². The number of ketones is 1. The lowest BCUT2D eigenvalue weighted by molar-refractivity contribution is -0.136. The van der Waals surface area contributed by atoms with E-state index in [0.29, 0.717) is 52.1 Å². The predicted molar refractivity (Wildman–Crippen MR) is 113 cm³/mol. The molecule has 0 unspecified atom stereocenters. The third-order valence-electron chi connectivity index (χ3n) is 5.33. The van der Waals surface area contributed by atoms with E-state index in [1.54, 1.807) is 12.1 Å². The van der Waals surface area contributed by atoms with Crippen molar-refractivity contribution in [1.29, 1.82) is 0 Å². The second kappa shape index (κ2) is 7.86. The standard InChI is InChI=1S/C22H26BrNO5/c1-6-29-16-8-12(7-13(23)20(16)26)18-17(21(27)28-5)11(2)24-14-9-22(3,4)10-15(25)19(14)18/h7-8,18,24,26H,6,9-10H2,1-5H3/t18-/m0/s1. The number of halogens is 1. The number of rotatable bonds is 4. The van der Waals surface area contributed by atoms with Crippen molar-refractivity contribution in [2.75, 3.05) is 13.7 Å². The number of methoxy groups -OCH3 is 1. The summed E-state index contributed by atoms with van der Waals surface area (Å²) >= 11 is 3.37. The molecule has 1 aliphatic heterocycles. The second-order valence-electron chi connectivity index (χ2n) is 8.20. The number of nitrogens with one attached hydrogen (secondary N) is 1. The zero-order valence-corrected chi connectivity index (χ0v) is 18.9. The van der Waals surface area contributed by atoms with Gasteiger partial charge in [0.25, 0.3) is 0 Å². The van der Waals surface area contributed by atoms with Gasteiger partial charge in [-0.3, -0.25) is 4.79 Å². The number of aromatic hydroxyl groups is 1. The minimum Gasteiger partial charge on any atom is -0.503 e. The summed E-state index contributed by atoms with van der Waals surface area (Å²) in [7, 11) is 1.33. The first-order valence-corrected chi connectivity index (χ1v) is 10.4. The van der Waals surface area contributed by atoms with Crippen molar-refractivity contribution in [2.45, 2.75) is 46.5 Å². The van der Waals surface area contributed by atoms with E-state index in [9.17, 15) is 14.7 Å². The fourth-order valence-electron chi connectivity index (χ4n) is 4.18. The summed E-state index contributed by atoms with van der Waals surface area (Å²) < 4.78 is 11.0. The van der Waals surface area contributed by atoms with Gasteiger partial charge in [0.1, 0.15) is 0 Å². The van der Waals surface area contributed by atoms with E-state index < -0.39 is 11.9 Å². The lowest BCUT2D eigenvalue weighted by Crippen LogP contribution is -2.38. The molecular weight excluding hydrogens is 438 g/mol. The number of hydrogen-bond donors (Lipinski definition) is 2. The smallest absolute Gasteiger partial charge is 0.336 e. The highest BCUT2D eigenvalue weighted by Gasteiger charge is 2.43. The Bertz CT molecular complexity index is 945. The van der Waals surface area contributed by atoms with Crippen molar-refractivity contribution in [3.63, 3.8) is 0 Å². The van der Waals surface area contributed by atoms with Gasteiger partial charge < -0.3 is 19.9 Å². The number of allylic oxidation sites excluding steroid dienone is 3. The van der Waals surface area contributed by atoms with Crippen LogP contribution in [0.4, 0.5) is 0 Å². The number of carbonyl (C=O) groups is 2. The average Bonchev–Trinajstić information content (AvgIpc) is 2.62. The topological polar surface area (TPSA) is 84.9 Å². The number of ether oxygens (including phenoxy) is 2. The van der Waals surface area contributed by atoms with E-state index in [0.717, 1.165) is 5.70 Å². The highest BCUT2D eigenvalue weighted by Crippen LogP contribution is 2.48. The first-order chi connectivity index (χ1) is 13.6. The summed E-state index contributed by atoms with van der Waals surface area (Å²) in [5.74, 6) is -0.812. The van der Waals surface area contributed by atoms with Gasteiger partial charge in [0.2, 0.25) is 0 Å². The molecule has 1 aliphatic carbocycles. The largest absolute Gasteiger partial charge is 0.503 e. The van der Waals surface area contributed by atoms with Crippen LogP contribution in [0.2, 0.25) is 0 Å². The minimum absolute atomic E-state index is 0.00445. The Kier molecular flexibility index (Phi) is 5.81. The molecule has 0 saturated carbocycles. The van der Waals surface area contributed by atoms with Gasteiger partial charge in [0.05, 0.1) is 23.8 Å². The number of dihydropyridines is 1. The Labute approximate surface area is 179 Å². The van der Waals surface area contributed by atoms with Crippen molar-refractivity contribution in [3.05, 3.63) is 44.7 Å². The van der Waals surface area contributed by atoms with Crippen molar-refractivity contribution in [1.82, 2.24) is 5.32 Å². The fourth-order valence-corrected chi connectivity index (χ4v) is 4.64. The Morgan fingerprint density at radius 1 is 1.34 bits per heavy atom. The SMILES string of the molecule is CCOc1cc([C@H]2C(C(=O)OC)=C(C)NC3=C2C(=O)CC(C)(C)C3)cc(Br)c1O. The lowest BCUT2D eigenvalue weighted by atomic mass is 9.68. The van der Waals surface area contributed by atoms with E-state index in [1.165, 1.54) is 7.11 Å². The van der Waals surface area contributed by atoms with Crippen LogP contribution < -0.4 is 10.1 Å². The maximum atomic E-state index is 13.2. The maximum Gasteiger partial charge on any atom is 0.336 e. The zero-order valence-electron chi connectivity index (χ0n) is 17.3. The van der Waals surface area contributed by atoms with Gasteiger partial charge >= 0.3 is 5.97 Å². The van der Waals surface area contributed by atoms with Crippen LogP contribution in [0.25, 0.3) is 0 Å². The highest BCUT2D eigenvalue weighted by atomic mass is 79.9. The van der Waals surface area contributed by atoms with Gasteiger partial charge in [-0.25, -0.2) is 4.79 Å². The Morgan fingerprint density at radius 3 is 2.66 bits per heavy atom. The lowest BCUT2D eigenvalue weighted by Gasteiger charge is -2.39. The van der Waals surface area contributed by atoms with Gasteiger partial charge in [0.15, 0.2) is 17.3 Å². The Hall–Kier alpha value is -2.28. The van der Waals surface area contributed by atoms with Gasteiger partial charge in [-0.2, -0.15) is 0 Å². The summed E-state index contributed by atoms with van der Waals surface area (Å²) in [6, 6.07) is 3.41. The molecule has 156 valence electrons. The summed E-state index contributed by atoms with van der Waals surface area (Å²) in [4.78, 5) is 25.9. The molecule has 2 N–H and O–H groups in total. The molecule has 1 heterocycles. The van der Waals surface area contributed by atoms with Crippen LogP contribution in [-0.4, -0.2) is 30.6 Å². The molecule has 6 nitrogen and oxygen atoms in total. The molecule has 1 aromatic rings. The van der Waals surface area contributed by atoms with Crippen LogP contribution in [0.5, 0.6) is 11.5 Å². The average molecular weight is 464 g/mol. The highest BCUT2D eigenvalue weighted by molar-refractivity contribution is 9.10. The Morgan fingerprint density at radius 2 is 2.03 bits per heavy atom. The molecule has 7 heteroatoms. The number of benzene rings is 1. The van der Waals surface area contributed by atoms with E-state index in [1.807, 2.05) is 13.8 Å². The number of carbonyl (C=O) groups excluding carboxylic acids is 2. The molecule has 0 spiro atoms. The van der Waals surface area contributed by atoms with Gasteiger partial charge in [-0.05, 0) is 59.3 Å². The van der Waals surface area contributed by atoms with Crippen LogP contribution in [0.1, 0.15) is 52.0 Å². The Balaban J connectivity index is 2.25. The van der Waals surface area contributed by atoms with Gasteiger partial charge in [-0.1, -0.05) is 13.8 Å². The number of phenols is 1. The molecule has 1 atom stereocenters. The van der Waals surface area contributed by atoms with Crippen molar-refractivity contribution < 1.29 is 24.2 Å². The minimum atomic E-state index is -0.599. The second-order valence-corrected chi connectivity index (χ2v) is 9.06. The molecule has 0 fully saturated rings. The maximum absolute atomic E-state index is 13.2. The molecule has 0 aromatic heterocycles. The van der Waals surface area contributed by atoms with Crippen molar-refractivity contribution in [3.8, 4) is 11.5 Å². The summed E-state index contributed by atoms with van der Waals surface area (Å²) in [5.41, 5.74) is 2.98. The monoisotopic (exact) mass is 463 g/mol. The van der Waals surface area contributed by atoms with Crippen LogP contribution in [0.15, 0.2) is 39.1 Å². The molecule has 0 bridgehead atoms. The molecule has 0 amide bonds. The number of hydrogen-bond acceptors (Lipinski definition) is 6. The number of Topliss-reactive ketones (excluding diaryl/α,β-unsaturated/α-hetero) is 1. The van der Waals surface area contributed by atoms with Gasteiger partial charge in [0, 0.05) is 29.3 Å². The molecule has 2 aliphatic rings. The van der Waals surface area contributed by atoms with Crippen molar-refractivity contribution in [2.24, 2.45) is 5.41 Å². The number of phenolic OH excluding ortho intramolecular Hbond substituents is 1. The first kappa shape index (κ1) is 21.4. The molecular formula is C22H26BrNO5. The van der Waals surface area contributed by atoms with Crippen LogP contribution in [0, 0.1) is 5.41 Å². The van der Waals surface area contributed by atoms with Crippen LogP contribution in [0.3, 0.4) is 0 Å². The molecule has 0 saturated heterocycles. The van der Waals surface area contributed by atoms with Crippen LogP contribution >= 0.6 is 15.9 Å². The van der Waals surface area contributed by atoms with Crippen molar-refractivity contribution >= 4 is 27.7 Å². The quantitative estimate of drug-likeness (QED) is 0.646. The van der Waals surface area contributed by atoms with E-state index in [-0.39, 0.29) is 16.9 Å². The summed E-state index contributed by atoms with van der Waals surface area (Å²) in [6.07, 6.45) is 1.10. The molecule has 3 rings (SSSR count). The zero-order chi connectivity index (χ0) is 21.5. The van der Waals surface area contributed by atoms with E-state index in [4.69, 9.17) is 9.47 Å².